The Balaban J connectivity index is 1.59. The van der Waals surface area contributed by atoms with Crippen LogP contribution in [0.15, 0.2) is 22.2 Å². The fourth-order valence-electron chi connectivity index (χ4n) is 3.74. The van der Waals surface area contributed by atoms with Crippen LogP contribution in [0.3, 0.4) is 0 Å². The van der Waals surface area contributed by atoms with Gasteiger partial charge >= 0.3 is 0 Å². The molecule has 158 valence electrons. The highest BCUT2D eigenvalue weighted by Crippen LogP contribution is 2.38. The van der Waals surface area contributed by atoms with Gasteiger partial charge in [0.1, 0.15) is 4.83 Å². The van der Waals surface area contributed by atoms with Gasteiger partial charge in [-0.25, -0.2) is 4.52 Å². The minimum absolute atomic E-state index is 0.0434. The molecular weight excluding hydrogens is 468 g/mol. The lowest BCUT2D eigenvalue weighted by Crippen LogP contribution is -2.33. The second-order valence-corrected chi connectivity index (χ2v) is 9.78. The van der Waals surface area contributed by atoms with Gasteiger partial charge in [-0.15, -0.1) is 11.3 Å². The number of nitrogens with one attached hydrogen (secondary N) is 1. The lowest BCUT2D eigenvalue weighted by Gasteiger charge is -2.19. The van der Waals surface area contributed by atoms with Crippen LogP contribution >= 0.6 is 27.3 Å². The van der Waals surface area contributed by atoms with Crippen LogP contribution in [0, 0.1) is 6.92 Å². The van der Waals surface area contributed by atoms with Crippen molar-refractivity contribution in [3.63, 3.8) is 0 Å². The molecule has 3 N–H and O–H groups in total. The van der Waals surface area contributed by atoms with Gasteiger partial charge in [0, 0.05) is 11.3 Å². The second kappa shape index (κ2) is 8.83. The Labute approximate surface area is 186 Å². The van der Waals surface area contributed by atoms with Gasteiger partial charge in [0.2, 0.25) is 5.91 Å². The Morgan fingerprint density at radius 1 is 1.23 bits per heavy atom. The number of primary amides is 1. The van der Waals surface area contributed by atoms with E-state index in [1.165, 1.54) is 30.4 Å². The van der Waals surface area contributed by atoms with Gasteiger partial charge in [-0.05, 0) is 54.9 Å². The van der Waals surface area contributed by atoms with Crippen LogP contribution in [0.1, 0.15) is 41.7 Å². The lowest BCUT2D eigenvalue weighted by molar-refractivity contribution is -0.117. The van der Waals surface area contributed by atoms with Crippen molar-refractivity contribution in [2.45, 2.75) is 32.6 Å². The highest BCUT2D eigenvalue weighted by atomic mass is 79.9. The van der Waals surface area contributed by atoms with Crippen molar-refractivity contribution < 1.29 is 9.59 Å². The number of carbonyl (C=O) groups is 2. The minimum atomic E-state index is -0.519. The van der Waals surface area contributed by atoms with Crippen LogP contribution in [-0.2, 0) is 4.79 Å². The van der Waals surface area contributed by atoms with Crippen molar-refractivity contribution >= 4 is 49.6 Å². The van der Waals surface area contributed by atoms with Crippen LogP contribution in [-0.4, -0.2) is 50.9 Å². The van der Waals surface area contributed by atoms with Crippen molar-refractivity contribution in [1.82, 2.24) is 19.5 Å². The number of fused-ring (bicyclic) bond motifs is 1. The number of aryl methyl sites for hydroxylation is 1. The number of hydrogen-bond donors (Lipinski definition) is 2. The molecule has 0 radical (unpaired) electrons. The largest absolute Gasteiger partial charge is 0.365 e. The van der Waals surface area contributed by atoms with Gasteiger partial charge in [-0.1, -0.05) is 12.8 Å². The third-order valence-corrected chi connectivity index (χ3v) is 7.09. The predicted octanol–water partition coefficient (Wildman–Crippen LogP) is 3.44. The van der Waals surface area contributed by atoms with Gasteiger partial charge in [-0.2, -0.15) is 5.10 Å². The van der Waals surface area contributed by atoms with E-state index in [2.05, 4.69) is 36.2 Å². The number of likely N-dealkylation sites (tertiary alicyclic amines) is 1. The molecule has 3 aromatic heterocycles. The fourth-order valence-corrected chi connectivity index (χ4v) is 5.53. The maximum Gasteiger partial charge on any atom is 0.253 e. The summed E-state index contributed by atoms with van der Waals surface area (Å²) in [6.45, 7) is 4.21. The van der Waals surface area contributed by atoms with Gasteiger partial charge in [0.15, 0.2) is 0 Å². The predicted molar refractivity (Wildman–Crippen MR) is 121 cm³/mol. The molecule has 0 aliphatic carbocycles. The Morgan fingerprint density at radius 3 is 2.67 bits per heavy atom. The SMILES string of the molecule is Cc1ncc(NC(=O)CN2CCCCCC2)cc1-c1c(Br)sc2c(C(N)=O)cnn12. The van der Waals surface area contributed by atoms with Crippen LogP contribution in [0.25, 0.3) is 16.1 Å². The van der Waals surface area contributed by atoms with Gasteiger partial charge in [0.05, 0.1) is 39.7 Å². The molecule has 10 heteroatoms. The normalized spacial score (nSPS) is 15.3. The summed E-state index contributed by atoms with van der Waals surface area (Å²) in [5.41, 5.74) is 8.84. The van der Waals surface area contributed by atoms with Crippen molar-refractivity contribution in [3.05, 3.63) is 33.5 Å². The molecule has 0 unspecified atom stereocenters. The average Bonchev–Trinajstić information content (AvgIpc) is 3.11. The highest BCUT2D eigenvalue weighted by Gasteiger charge is 2.21. The van der Waals surface area contributed by atoms with Crippen molar-refractivity contribution in [3.8, 4) is 11.3 Å². The number of rotatable bonds is 5. The molecule has 1 saturated heterocycles. The number of pyridine rings is 1. The molecule has 3 aromatic rings. The summed E-state index contributed by atoms with van der Waals surface area (Å²) >= 11 is 4.96. The highest BCUT2D eigenvalue weighted by molar-refractivity contribution is 9.11. The van der Waals surface area contributed by atoms with Crippen LogP contribution in [0.2, 0.25) is 0 Å². The standard InChI is InChI=1S/C20H23BrN6O2S/c1-12-14(17-18(21)30-20-15(19(22)29)10-24-27(17)20)8-13(9-23-12)25-16(28)11-26-6-4-2-3-5-7-26/h8-10H,2-7,11H2,1H3,(H2,22,29)(H,25,28). The van der Waals surface area contributed by atoms with Gasteiger partial charge < -0.3 is 11.1 Å². The lowest BCUT2D eigenvalue weighted by atomic mass is 10.1. The van der Waals surface area contributed by atoms with Gasteiger partial charge in [-0.3, -0.25) is 19.5 Å². The zero-order valence-electron chi connectivity index (χ0n) is 16.7. The number of nitrogens with two attached hydrogens (primary N) is 1. The quantitative estimate of drug-likeness (QED) is 0.569. The zero-order valence-corrected chi connectivity index (χ0v) is 19.1. The van der Waals surface area contributed by atoms with Crippen LogP contribution in [0.4, 0.5) is 5.69 Å². The number of carbonyl (C=O) groups excluding carboxylic acids is 2. The van der Waals surface area contributed by atoms with Crippen molar-refractivity contribution in [2.24, 2.45) is 5.73 Å². The molecule has 1 aliphatic rings. The molecule has 2 amide bonds. The molecule has 1 fully saturated rings. The Bertz CT molecular complexity index is 1100. The molecule has 0 aromatic carbocycles. The molecule has 30 heavy (non-hydrogen) atoms. The van der Waals surface area contributed by atoms with E-state index in [-0.39, 0.29) is 5.91 Å². The number of halogens is 1. The van der Waals surface area contributed by atoms with E-state index in [4.69, 9.17) is 5.73 Å². The Kier molecular flexibility index (Phi) is 6.16. The number of amides is 2. The van der Waals surface area contributed by atoms with E-state index in [0.29, 0.717) is 22.6 Å². The molecule has 0 bridgehead atoms. The smallest absolute Gasteiger partial charge is 0.253 e. The summed E-state index contributed by atoms with van der Waals surface area (Å²) in [5.74, 6) is -0.562. The molecule has 0 spiro atoms. The van der Waals surface area contributed by atoms with Crippen molar-refractivity contribution in [1.29, 1.82) is 0 Å². The van der Waals surface area contributed by atoms with Gasteiger partial charge in [0.25, 0.3) is 5.91 Å². The number of thiazole rings is 1. The van der Waals surface area contributed by atoms with E-state index < -0.39 is 5.91 Å². The molecule has 0 atom stereocenters. The molecule has 4 heterocycles. The van der Waals surface area contributed by atoms with E-state index in [0.717, 1.165) is 46.7 Å². The molecule has 1 aliphatic heterocycles. The Morgan fingerprint density at radius 2 is 1.97 bits per heavy atom. The van der Waals surface area contributed by atoms with Crippen LogP contribution in [0.5, 0.6) is 0 Å². The molecular formula is C20H23BrN6O2S. The summed E-state index contributed by atoms with van der Waals surface area (Å²) in [5, 5.41) is 7.30. The first-order chi connectivity index (χ1) is 14.4. The van der Waals surface area contributed by atoms with E-state index in [1.54, 1.807) is 10.7 Å². The topological polar surface area (TPSA) is 106 Å². The zero-order chi connectivity index (χ0) is 21.3. The summed E-state index contributed by atoms with van der Waals surface area (Å²) in [7, 11) is 0. The first kappa shape index (κ1) is 21.0. The first-order valence-electron chi connectivity index (χ1n) is 9.89. The molecule has 0 saturated carbocycles. The maximum atomic E-state index is 12.6. The first-order valence-corrected chi connectivity index (χ1v) is 11.5. The van der Waals surface area contributed by atoms with E-state index >= 15 is 0 Å². The Hall–Kier alpha value is -2.30. The number of nitrogens with zero attached hydrogens (tertiary/aromatic N) is 4. The maximum absolute atomic E-state index is 12.6. The molecule has 8 nitrogen and oxygen atoms in total. The van der Waals surface area contributed by atoms with Crippen LogP contribution < -0.4 is 11.1 Å². The summed E-state index contributed by atoms with van der Waals surface area (Å²) < 4.78 is 2.49. The summed E-state index contributed by atoms with van der Waals surface area (Å²) in [4.78, 5) is 31.6. The average molecular weight is 491 g/mol. The minimum Gasteiger partial charge on any atom is -0.365 e. The summed E-state index contributed by atoms with van der Waals surface area (Å²) in [6, 6.07) is 1.89. The number of aromatic nitrogens is 3. The fraction of sp³-hybridized carbons (Fsp3) is 0.400. The monoisotopic (exact) mass is 490 g/mol. The van der Waals surface area contributed by atoms with E-state index in [1.807, 2.05) is 13.0 Å². The van der Waals surface area contributed by atoms with E-state index in [9.17, 15) is 9.59 Å². The summed E-state index contributed by atoms with van der Waals surface area (Å²) in [6.07, 6.45) is 7.89. The third kappa shape index (κ3) is 4.26. The third-order valence-electron chi connectivity index (χ3n) is 5.27. The molecule has 4 rings (SSSR count). The number of hydrogen-bond acceptors (Lipinski definition) is 6. The number of anilines is 1. The van der Waals surface area contributed by atoms with Crippen molar-refractivity contribution in [2.75, 3.05) is 25.0 Å². The second-order valence-electron chi connectivity index (χ2n) is 7.46.